The Bertz CT molecular complexity index is 1650. The van der Waals surface area contributed by atoms with Gasteiger partial charge in [0.25, 0.3) is 11.8 Å². The van der Waals surface area contributed by atoms with Crippen molar-refractivity contribution in [1.29, 1.82) is 0 Å². The number of fused-ring (bicyclic) bond motifs is 5. The fourth-order valence-corrected chi connectivity index (χ4v) is 8.39. The molecule has 1 aromatic carbocycles. The van der Waals surface area contributed by atoms with Crippen LogP contribution in [0.5, 0.6) is 0 Å². The molecule has 5 aliphatic rings. The third kappa shape index (κ3) is 4.07. The highest BCUT2D eigenvalue weighted by Crippen LogP contribution is 2.50. The van der Waals surface area contributed by atoms with Crippen LogP contribution in [0, 0.1) is 23.0 Å². The number of aromatic nitrogens is 1. The van der Waals surface area contributed by atoms with Gasteiger partial charge in [0.1, 0.15) is 30.3 Å². The number of carbonyl (C=O) groups excluding carboxylic acids is 3. The summed E-state index contributed by atoms with van der Waals surface area (Å²) >= 11 is 0. The summed E-state index contributed by atoms with van der Waals surface area (Å²) in [5.41, 5.74) is 0.921. The van der Waals surface area contributed by atoms with Gasteiger partial charge < -0.3 is 35.5 Å². The molecule has 3 saturated heterocycles. The maximum atomic E-state index is 14.4. The molecule has 2 unspecified atom stereocenters. The summed E-state index contributed by atoms with van der Waals surface area (Å²) in [5, 5.41) is 51.0. The molecule has 1 aliphatic carbocycles. The fraction of sp³-hybridized carbons (Fsp3) is 0.594. The fourth-order valence-electron chi connectivity index (χ4n) is 8.39. The Morgan fingerprint density at radius 1 is 1.22 bits per heavy atom. The van der Waals surface area contributed by atoms with Gasteiger partial charge in [-0.3, -0.25) is 24.0 Å². The van der Waals surface area contributed by atoms with Crippen LogP contribution in [0.2, 0.25) is 0 Å². The van der Waals surface area contributed by atoms with Gasteiger partial charge in [0.15, 0.2) is 0 Å². The van der Waals surface area contributed by atoms with E-state index in [4.69, 9.17) is 4.74 Å². The van der Waals surface area contributed by atoms with E-state index in [9.17, 15) is 35.0 Å². The number of aliphatic hydroxyl groups excluding tert-OH is 1. The number of rotatable bonds is 5. The van der Waals surface area contributed by atoms with Crippen molar-refractivity contribution >= 4 is 34.2 Å². The number of ether oxygens (including phenoxy) is 1. The van der Waals surface area contributed by atoms with Gasteiger partial charge in [-0.25, -0.2) is 0 Å². The van der Waals surface area contributed by atoms with Crippen molar-refractivity contribution in [2.24, 2.45) is 17.8 Å². The number of carbonyl (C=O) groups is 3. The van der Waals surface area contributed by atoms with E-state index in [1.807, 2.05) is 19.9 Å². The summed E-state index contributed by atoms with van der Waals surface area (Å²) in [7, 11) is 1.53. The normalized spacial score (nSPS) is 37.3. The number of hydroxylamine groups is 3. The zero-order valence-corrected chi connectivity index (χ0v) is 26.1. The maximum absolute atomic E-state index is 14.4. The Hall–Kier alpha value is -3.49. The molecule has 4 N–H and O–H groups in total. The highest BCUT2D eigenvalue weighted by Gasteiger charge is 2.72. The van der Waals surface area contributed by atoms with Crippen molar-refractivity contribution < 1.29 is 39.2 Å². The number of hydrogen-bond donors (Lipinski definition) is 4. The molecular formula is C32H41N5O8. The van der Waals surface area contributed by atoms with Crippen molar-refractivity contribution in [2.75, 3.05) is 13.6 Å². The van der Waals surface area contributed by atoms with Crippen LogP contribution in [0.1, 0.15) is 58.1 Å². The lowest BCUT2D eigenvalue weighted by atomic mass is 9.79. The first kappa shape index (κ1) is 30.2. The van der Waals surface area contributed by atoms with E-state index in [0.29, 0.717) is 17.5 Å². The lowest BCUT2D eigenvalue weighted by Crippen LogP contribution is -2.72. The van der Waals surface area contributed by atoms with Gasteiger partial charge in [-0.05, 0) is 42.4 Å². The van der Waals surface area contributed by atoms with E-state index in [2.05, 4.69) is 5.32 Å². The molecule has 13 heteroatoms. The standard InChI is InChI=1S/C32H41N5O8/c1-16(2)11-23-29(40)35-25(9-10-26(35)38)32(42)36(23)30(41)31(45-32,17(3)4)33-28(39)19-12-21-20-7-6-8-22-27(20)18(14-34(22)43)13-24(21)37(5,44)15-19/h6-8,12,14,16-17,19,23-26,38,42-43H,9-11,13,15H2,1-5H3,(H,33,39)/t19-,23+,24-,25+,26?,31-,32+,37?/m1/s1. The lowest BCUT2D eigenvalue weighted by Gasteiger charge is -2.51. The van der Waals surface area contributed by atoms with Crippen LogP contribution >= 0.6 is 0 Å². The summed E-state index contributed by atoms with van der Waals surface area (Å²) in [6.07, 6.45) is 3.32. The Labute approximate surface area is 260 Å². The van der Waals surface area contributed by atoms with Gasteiger partial charge in [-0.15, -0.1) is 0 Å². The minimum absolute atomic E-state index is 0.0338. The van der Waals surface area contributed by atoms with E-state index in [1.165, 1.54) is 11.9 Å². The molecular weight excluding hydrogens is 582 g/mol. The van der Waals surface area contributed by atoms with Crippen LogP contribution in [0.15, 0.2) is 30.5 Å². The first-order chi connectivity index (χ1) is 21.1. The predicted molar refractivity (Wildman–Crippen MR) is 160 cm³/mol. The third-order valence-corrected chi connectivity index (χ3v) is 10.6. The summed E-state index contributed by atoms with van der Waals surface area (Å²) in [5.74, 6) is -5.73. The molecule has 0 saturated carbocycles. The number of aliphatic hydroxyl groups is 2. The maximum Gasteiger partial charge on any atom is 0.281 e. The number of hydrogen-bond acceptors (Lipinski definition) is 8. The summed E-state index contributed by atoms with van der Waals surface area (Å²) in [6, 6.07) is 2.86. The molecule has 1 aromatic heterocycles. The van der Waals surface area contributed by atoms with Crippen molar-refractivity contribution in [1.82, 2.24) is 19.8 Å². The molecule has 7 rings (SSSR count). The van der Waals surface area contributed by atoms with Crippen molar-refractivity contribution in [3.8, 4) is 0 Å². The number of piperazine rings is 1. The summed E-state index contributed by atoms with van der Waals surface area (Å²) in [4.78, 5) is 44.6. The number of quaternary nitrogens is 1. The molecule has 4 aliphatic heterocycles. The number of likely N-dealkylation sites (N-methyl/N-ethyl adjacent to an activating group) is 1. The van der Waals surface area contributed by atoms with E-state index in [0.717, 1.165) is 26.1 Å². The van der Waals surface area contributed by atoms with Crippen LogP contribution < -0.4 is 5.32 Å². The Kier molecular flexibility index (Phi) is 6.54. The number of nitrogens with zero attached hydrogens (tertiary/aromatic N) is 4. The molecule has 5 heterocycles. The minimum atomic E-state index is -2.27. The molecule has 45 heavy (non-hydrogen) atoms. The second-order valence-corrected chi connectivity index (χ2v) is 14.3. The molecule has 0 radical (unpaired) electrons. The van der Waals surface area contributed by atoms with E-state index in [1.54, 1.807) is 38.3 Å². The second-order valence-electron chi connectivity index (χ2n) is 14.3. The topological polar surface area (TPSA) is 168 Å². The average Bonchev–Trinajstić information content (AvgIpc) is 3.58. The molecule has 0 spiro atoms. The number of amides is 3. The second kappa shape index (κ2) is 9.76. The average molecular weight is 624 g/mol. The van der Waals surface area contributed by atoms with Gasteiger partial charge >= 0.3 is 0 Å². The molecule has 3 fully saturated rings. The molecule has 242 valence electrons. The van der Waals surface area contributed by atoms with Crippen LogP contribution in [0.4, 0.5) is 0 Å². The SMILES string of the molecule is CC(C)C[C@H]1C(=O)N2C(O)CC[C@H]2[C@]2(O)O[C@](NC(=O)[C@@H]3C=C4c5cccc6c5c(cn6O)C[C@H]4[N+](C)([O-])C3)(C(C)C)C(=O)N12. The molecule has 13 nitrogen and oxygen atoms in total. The van der Waals surface area contributed by atoms with E-state index >= 15 is 0 Å². The monoisotopic (exact) mass is 623 g/mol. The molecule has 2 aromatic rings. The zero-order valence-electron chi connectivity index (χ0n) is 26.1. The predicted octanol–water partition coefficient (Wildman–Crippen LogP) is 1.47. The Morgan fingerprint density at radius 3 is 2.64 bits per heavy atom. The first-order valence-corrected chi connectivity index (χ1v) is 15.8. The Morgan fingerprint density at radius 2 is 1.96 bits per heavy atom. The summed E-state index contributed by atoms with van der Waals surface area (Å²) in [6.45, 7) is 7.06. The van der Waals surface area contributed by atoms with E-state index < -0.39 is 70.2 Å². The highest BCUT2D eigenvalue weighted by molar-refractivity contribution is 6.01. The zero-order chi connectivity index (χ0) is 32.4. The Balaban J connectivity index is 1.27. The van der Waals surface area contributed by atoms with Crippen LogP contribution in [-0.4, -0.2) is 102 Å². The van der Waals surface area contributed by atoms with Crippen molar-refractivity contribution in [2.45, 2.75) is 89.4 Å². The van der Waals surface area contributed by atoms with Gasteiger partial charge in [0.2, 0.25) is 17.5 Å². The van der Waals surface area contributed by atoms with Crippen molar-refractivity contribution in [3.05, 3.63) is 46.8 Å². The smallest absolute Gasteiger partial charge is 0.281 e. The summed E-state index contributed by atoms with van der Waals surface area (Å²) < 4.78 is 6.63. The van der Waals surface area contributed by atoms with Crippen molar-refractivity contribution in [3.63, 3.8) is 0 Å². The lowest BCUT2D eigenvalue weighted by molar-refractivity contribution is -0.880. The number of benzene rings is 1. The molecule has 8 atom stereocenters. The molecule has 0 bridgehead atoms. The largest absolute Gasteiger partial charge is 0.633 e. The quantitative estimate of drug-likeness (QED) is 0.221. The van der Waals surface area contributed by atoms with Gasteiger partial charge in [0.05, 0.1) is 19.1 Å². The van der Waals surface area contributed by atoms with E-state index in [-0.39, 0.29) is 31.7 Å². The number of nitrogens with one attached hydrogen (secondary N) is 1. The first-order valence-electron chi connectivity index (χ1n) is 15.8. The van der Waals surface area contributed by atoms with Gasteiger partial charge in [0, 0.05) is 29.5 Å². The third-order valence-electron chi connectivity index (χ3n) is 10.6. The minimum Gasteiger partial charge on any atom is -0.633 e. The van der Waals surface area contributed by atoms with Crippen LogP contribution in [-0.2, 0) is 25.5 Å². The molecule has 3 amide bonds. The highest BCUT2D eigenvalue weighted by atomic mass is 16.7. The van der Waals surface area contributed by atoms with Gasteiger partial charge in [-0.1, -0.05) is 45.9 Å². The van der Waals surface area contributed by atoms with Crippen LogP contribution in [0.25, 0.3) is 16.5 Å². The van der Waals surface area contributed by atoms with Crippen LogP contribution in [0.3, 0.4) is 0 Å². The van der Waals surface area contributed by atoms with Gasteiger partial charge in [-0.2, -0.15) is 4.73 Å².